The normalized spacial score (nSPS) is 17.5. The van der Waals surface area contributed by atoms with Gasteiger partial charge in [-0.2, -0.15) is 0 Å². The predicted molar refractivity (Wildman–Crippen MR) is 98.1 cm³/mol. The minimum absolute atomic E-state index is 0.00538. The highest BCUT2D eigenvalue weighted by molar-refractivity contribution is 5.96. The Labute approximate surface area is 147 Å². The number of benzene rings is 1. The molecule has 1 aliphatic heterocycles. The molecule has 1 unspecified atom stereocenters. The lowest BCUT2D eigenvalue weighted by Crippen LogP contribution is -2.46. The van der Waals surface area contributed by atoms with Gasteiger partial charge in [0.15, 0.2) is 0 Å². The summed E-state index contributed by atoms with van der Waals surface area (Å²) in [6.45, 7) is 4.18. The van der Waals surface area contributed by atoms with Crippen LogP contribution in [0.2, 0.25) is 0 Å². The standard InChI is InChI=1S/C19H24N4O2/c1-13-5-6-17(18(21)22-13)14-3-2-4-15(11-14)19(24)23-9-10-25-16(12-23)7-8-20/h2-6,11,16H,7-10,12,20H2,1H3,(H2,21,22). The van der Waals surface area contributed by atoms with Crippen molar-refractivity contribution in [2.45, 2.75) is 19.4 Å². The number of hydrogen-bond acceptors (Lipinski definition) is 5. The molecule has 2 aromatic rings. The molecule has 25 heavy (non-hydrogen) atoms. The number of carbonyl (C=O) groups is 1. The van der Waals surface area contributed by atoms with Crippen molar-refractivity contribution in [1.82, 2.24) is 9.88 Å². The molecule has 6 heteroatoms. The molecule has 1 aromatic carbocycles. The van der Waals surface area contributed by atoms with Gasteiger partial charge in [-0.25, -0.2) is 4.98 Å². The first kappa shape index (κ1) is 17.4. The predicted octanol–water partition coefficient (Wildman–Crippen LogP) is 1.83. The Kier molecular flexibility index (Phi) is 5.31. The van der Waals surface area contributed by atoms with Crippen molar-refractivity contribution in [2.24, 2.45) is 5.73 Å². The Morgan fingerprint density at radius 3 is 2.96 bits per heavy atom. The number of aromatic nitrogens is 1. The van der Waals surface area contributed by atoms with Gasteiger partial charge in [-0.15, -0.1) is 0 Å². The summed E-state index contributed by atoms with van der Waals surface area (Å²) in [5.41, 5.74) is 14.9. The van der Waals surface area contributed by atoms with Crippen molar-refractivity contribution < 1.29 is 9.53 Å². The quantitative estimate of drug-likeness (QED) is 0.885. The van der Waals surface area contributed by atoms with Gasteiger partial charge in [-0.05, 0) is 49.7 Å². The van der Waals surface area contributed by atoms with Crippen molar-refractivity contribution in [3.05, 3.63) is 47.7 Å². The highest BCUT2D eigenvalue weighted by atomic mass is 16.5. The monoisotopic (exact) mass is 340 g/mol. The Bertz CT molecular complexity index is 761. The van der Waals surface area contributed by atoms with Crippen LogP contribution < -0.4 is 11.5 Å². The van der Waals surface area contributed by atoms with Gasteiger partial charge in [0.2, 0.25) is 0 Å². The fourth-order valence-electron chi connectivity index (χ4n) is 3.09. The number of morpholine rings is 1. The summed E-state index contributed by atoms with van der Waals surface area (Å²) >= 11 is 0. The second-order valence-corrected chi connectivity index (χ2v) is 6.29. The molecule has 1 fully saturated rings. The van der Waals surface area contributed by atoms with E-state index in [0.717, 1.165) is 23.2 Å². The van der Waals surface area contributed by atoms with Crippen LogP contribution in [0.3, 0.4) is 0 Å². The maximum absolute atomic E-state index is 12.9. The van der Waals surface area contributed by atoms with Crippen LogP contribution in [-0.4, -0.2) is 48.1 Å². The van der Waals surface area contributed by atoms with E-state index in [-0.39, 0.29) is 12.0 Å². The number of amides is 1. The molecule has 1 saturated heterocycles. The zero-order valence-corrected chi connectivity index (χ0v) is 14.4. The summed E-state index contributed by atoms with van der Waals surface area (Å²) in [4.78, 5) is 19.0. The first-order chi connectivity index (χ1) is 12.1. The van der Waals surface area contributed by atoms with Crippen molar-refractivity contribution in [3.8, 4) is 11.1 Å². The molecule has 2 heterocycles. The summed E-state index contributed by atoms with van der Waals surface area (Å²) in [7, 11) is 0. The number of rotatable bonds is 4. The molecule has 1 aromatic heterocycles. The van der Waals surface area contributed by atoms with E-state index >= 15 is 0 Å². The van der Waals surface area contributed by atoms with Gasteiger partial charge in [0.05, 0.1) is 12.7 Å². The maximum atomic E-state index is 12.9. The van der Waals surface area contributed by atoms with Crippen LogP contribution in [-0.2, 0) is 4.74 Å². The largest absolute Gasteiger partial charge is 0.383 e. The van der Waals surface area contributed by atoms with E-state index in [2.05, 4.69) is 4.98 Å². The molecule has 0 radical (unpaired) electrons. The number of aryl methyl sites for hydroxylation is 1. The van der Waals surface area contributed by atoms with Crippen molar-refractivity contribution in [1.29, 1.82) is 0 Å². The molecule has 6 nitrogen and oxygen atoms in total. The smallest absolute Gasteiger partial charge is 0.254 e. The fourth-order valence-corrected chi connectivity index (χ4v) is 3.09. The summed E-state index contributed by atoms with van der Waals surface area (Å²) in [6, 6.07) is 11.4. The topological polar surface area (TPSA) is 94.5 Å². The van der Waals surface area contributed by atoms with Gasteiger partial charge in [0, 0.05) is 29.9 Å². The molecular weight excluding hydrogens is 316 g/mol. The number of carbonyl (C=O) groups excluding carboxylic acids is 1. The van der Waals surface area contributed by atoms with Crippen molar-refractivity contribution in [3.63, 3.8) is 0 Å². The lowest BCUT2D eigenvalue weighted by atomic mass is 10.0. The third-order valence-corrected chi connectivity index (χ3v) is 4.40. The molecule has 4 N–H and O–H groups in total. The molecule has 0 bridgehead atoms. The van der Waals surface area contributed by atoms with Crippen LogP contribution in [0.5, 0.6) is 0 Å². The summed E-state index contributed by atoms with van der Waals surface area (Å²) in [5.74, 6) is 0.477. The van der Waals surface area contributed by atoms with Gasteiger partial charge in [0.25, 0.3) is 5.91 Å². The van der Waals surface area contributed by atoms with E-state index in [9.17, 15) is 4.79 Å². The highest BCUT2D eigenvalue weighted by Crippen LogP contribution is 2.26. The highest BCUT2D eigenvalue weighted by Gasteiger charge is 2.24. The molecule has 3 rings (SSSR count). The molecule has 0 spiro atoms. The van der Waals surface area contributed by atoms with Crippen LogP contribution in [0.4, 0.5) is 5.82 Å². The van der Waals surface area contributed by atoms with Crippen molar-refractivity contribution in [2.75, 3.05) is 32.0 Å². The molecule has 0 aliphatic carbocycles. The van der Waals surface area contributed by atoms with Gasteiger partial charge in [-0.1, -0.05) is 12.1 Å². The van der Waals surface area contributed by atoms with E-state index in [1.165, 1.54) is 0 Å². The molecule has 1 amide bonds. The first-order valence-corrected chi connectivity index (χ1v) is 8.53. The number of nitrogen functional groups attached to an aromatic ring is 1. The number of anilines is 1. The summed E-state index contributed by atoms with van der Waals surface area (Å²) in [6.07, 6.45) is 0.776. The zero-order chi connectivity index (χ0) is 17.8. The van der Waals surface area contributed by atoms with Gasteiger partial charge < -0.3 is 21.1 Å². The third-order valence-electron chi connectivity index (χ3n) is 4.40. The Balaban J connectivity index is 1.82. The number of ether oxygens (including phenoxy) is 1. The number of pyridine rings is 1. The second kappa shape index (κ2) is 7.63. The molecule has 0 saturated carbocycles. The number of hydrogen-bond donors (Lipinski definition) is 2. The van der Waals surface area contributed by atoms with E-state index in [4.69, 9.17) is 16.2 Å². The van der Waals surface area contributed by atoms with Crippen LogP contribution in [0.1, 0.15) is 22.5 Å². The Morgan fingerprint density at radius 2 is 2.20 bits per heavy atom. The molecule has 1 aliphatic rings. The van der Waals surface area contributed by atoms with Gasteiger partial charge in [-0.3, -0.25) is 4.79 Å². The number of nitrogens with two attached hydrogens (primary N) is 2. The molecular formula is C19H24N4O2. The fraction of sp³-hybridized carbons (Fsp3) is 0.368. The van der Waals surface area contributed by atoms with Crippen LogP contribution in [0, 0.1) is 6.92 Å². The Hall–Kier alpha value is -2.44. The van der Waals surface area contributed by atoms with Crippen LogP contribution >= 0.6 is 0 Å². The molecule has 1 atom stereocenters. The maximum Gasteiger partial charge on any atom is 0.254 e. The van der Waals surface area contributed by atoms with E-state index in [1.807, 2.05) is 48.2 Å². The van der Waals surface area contributed by atoms with E-state index in [0.29, 0.717) is 37.6 Å². The summed E-state index contributed by atoms with van der Waals surface area (Å²) in [5, 5.41) is 0. The zero-order valence-electron chi connectivity index (χ0n) is 14.4. The third kappa shape index (κ3) is 3.97. The van der Waals surface area contributed by atoms with E-state index in [1.54, 1.807) is 0 Å². The number of nitrogens with zero attached hydrogens (tertiary/aromatic N) is 2. The first-order valence-electron chi connectivity index (χ1n) is 8.53. The average molecular weight is 340 g/mol. The summed E-state index contributed by atoms with van der Waals surface area (Å²) < 4.78 is 5.66. The molecule has 132 valence electrons. The second-order valence-electron chi connectivity index (χ2n) is 6.29. The average Bonchev–Trinajstić information content (AvgIpc) is 2.62. The van der Waals surface area contributed by atoms with Gasteiger partial charge >= 0.3 is 0 Å². The van der Waals surface area contributed by atoms with Gasteiger partial charge in [0.1, 0.15) is 5.82 Å². The minimum Gasteiger partial charge on any atom is -0.383 e. The Morgan fingerprint density at radius 1 is 1.36 bits per heavy atom. The lowest BCUT2D eigenvalue weighted by molar-refractivity contribution is -0.0236. The van der Waals surface area contributed by atoms with Crippen molar-refractivity contribution >= 4 is 11.7 Å². The lowest BCUT2D eigenvalue weighted by Gasteiger charge is -2.33. The minimum atomic E-state index is 0.00538. The SMILES string of the molecule is Cc1ccc(-c2cccc(C(=O)N3CCOC(CCN)C3)c2)c(N)n1. The van der Waals surface area contributed by atoms with E-state index < -0.39 is 0 Å². The van der Waals surface area contributed by atoms with Crippen LogP contribution in [0.25, 0.3) is 11.1 Å². The van der Waals surface area contributed by atoms with Crippen LogP contribution in [0.15, 0.2) is 36.4 Å².